The molecule has 0 fully saturated rings. The van der Waals surface area contributed by atoms with E-state index >= 15 is 0 Å². The lowest BCUT2D eigenvalue weighted by atomic mass is 10.00. The fourth-order valence-corrected chi connectivity index (χ4v) is 4.09. The zero-order valence-corrected chi connectivity index (χ0v) is 19.4. The third kappa shape index (κ3) is 3.89. The number of benzene rings is 1. The zero-order chi connectivity index (χ0) is 24.1. The molecule has 5 rings (SSSR count). The van der Waals surface area contributed by atoms with Gasteiger partial charge in [0.2, 0.25) is 0 Å². The smallest absolute Gasteiger partial charge is 0.340 e. The van der Waals surface area contributed by atoms with Gasteiger partial charge in [-0.2, -0.15) is 0 Å². The second kappa shape index (κ2) is 8.28. The van der Waals surface area contributed by atoms with Gasteiger partial charge in [-0.15, -0.1) is 0 Å². The van der Waals surface area contributed by atoms with Crippen molar-refractivity contribution in [1.29, 1.82) is 0 Å². The fraction of sp³-hybridized carbons (Fsp3) is 0.400. The SMILES string of the molecule is CC.CC(C)(C)OCc1c(O)ccc2nc3c(cc12)Cn1c-3cc2c(c1=O)COC(=O)C2O. The maximum Gasteiger partial charge on any atom is 0.340 e. The van der Waals surface area contributed by atoms with Crippen LogP contribution in [0.5, 0.6) is 5.75 Å². The predicted molar refractivity (Wildman–Crippen MR) is 123 cm³/mol. The Labute approximate surface area is 191 Å². The maximum absolute atomic E-state index is 13.0. The van der Waals surface area contributed by atoms with E-state index in [4.69, 9.17) is 14.5 Å². The van der Waals surface area contributed by atoms with Crippen molar-refractivity contribution in [3.63, 3.8) is 0 Å². The summed E-state index contributed by atoms with van der Waals surface area (Å²) in [6.45, 7) is 10.2. The molecule has 0 amide bonds. The molecule has 0 saturated heterocycles. The van der Waals surface area contributed by atoms with Crippen molar-refractivity contribution >= 4 is 16.9 Å². The molecule has 2 N–H and O–H groups in total. The van der Waals surface area contributed by atoms with Crippen LogP contribution in [0.4, 0.5) is 0 Å². The Morgan fingerprint density at radius 3 is 2.64 bits per heavy atom. The lowest BCUT2D eigenvalue weighted by molar-refractivity contribution is -0.157. The highest BCUT2D eigenvalue weighted by atomic mass is 16.5. The van der Waals surface area contributed by atoms with Crippen molar-refractivity contribution < 1.29 is 24.5 Å². The van der Waals surface area contributed by atoms with E-state index in [2.05, 4.69) is 0 Å². The van der Waals surface area contributed by atoms with Gasteiger partial charge in [0.05, 0.1) is 41.2 Å². The van der Waals surface area contributed by atoms with Crippen LogP contribution in [-0.2, 0) is 34.0 Å². The first-order valence-corrected chi connectivity index (χ1v) is 11.0. The molecule has 2 aliphatic heterocycles. The molecule has 1 unspecified atom stereocenters. The third-order valence-electron chi connectivity index (χ3n) is 5.70. The number of rotatable bonds is 2. The predicted octanol–water partition coefficient (Wildman–Crippen LogP) is 3.56. The Morgan fingerprint density at radius 1 is 1.21 bits per heavy atom. The molecule has 0 bridgehead atoms. The van der Waals surface area contributed by atoms with Crippen LogP contribution in [0, 0.1) is 0 Å². The van der Waals surface area contributed by atoms with Gasteiger partial charge in [0.15, 0.2) is 6.10 Å². The van der Waals surface area contributed by atoms with E-state index in [1.807, 2.05) is 40.7 Å². The molecule has 0 radical (unpaired) electrons. The number of cyclic esters (lactones) is 1. The van der Waals surface area contributed by atoms with Crippen molar-refractivity contribution in [3.8, 4) is 17.1 Å². The van der Waals surface area contributed by atoms with Crippen LogP contribution >= 0.6 is 0 Å². The van der Waals surface area contributed by atoms with Crippen LogP contribution in [0.2, 0.25) is 0 Å². The zero-order valence-electron chi connectivity index (χ0n) is 19.4. The second-order valence-electron chi connectivity index (χ2n) is 8.89. The van der Waals surface area contributed by atoms with Crippen LogP contribution < -0.4 is 5.56 Å². The molecule has 8 heteroatoms. The van der Waals surface area contributed by atoms with Crippen molar-refractivity contribution in [1.82, 2.24) is 9.55 Å². The summed E-state index contributed by atoms with van der Waals surface area (Å²) in [5, 5.41) is 21.4. The summed E-state index contributed by atoms with van der Waals surface area (Å²) in [6.07, 6.45) is -1.48. The second-order valence-corrected chi connectivity index (χ2v) is 8.89. The number of hydrogen-bond acceptors (Lipinski definition) is 7. The highest BCUT2D eigenvalue weighted by molar-refractivity contribution is 5.88. The number of ether oxygens (including phenoxy) is 2. The van der Waals surface area contributed by atoms with Crippen LogP contribution in [0.25, 0.3) is 22.3 Å². The van der Waals surface area contributed by atoms with E-state index in [0.29, 0.717) is 29.0 Å². The molecule has 8 nitrogen and oxygen atoms in total. The van der Waals surface area contributed by atoms with E-state index in [0.717, 1.165) is 10.9 Å². The number of hydrogen-bond donors (Lipinski definition) is 2. The number of aliphatic hydroxyl groups is 1. The van der Waals surface area contributed by atoms with Crippen molar-refractivity contribution in [2.75, 3.05) is 0 Å². The molecule has 1 atom stereocenters. The Bertz CT molecular complexity index is 1320. The van der Waals surface area contributed by atoms with Gasteiger partial charge in [-0.1, -0.05) is 13.8 Å². The first kappa shape index (κ1) is 22.9. The number of pyridine rings is 2. The van der Waals surface area contributed by atoms with Gasteiger partial charge in [0.25, 0.3) is 5.56 Å². The van der Waals surface area contributed by atoms with Gasteiger partial charge in [0, 0.05) is 22.1 Å². The van der Waals surface area contributed by atoms with Crippen molar-refractivity contribution in [2.45, 2.75) is 66.1 Å². The van der Waals surface area contributed by atoms with Gasteiger partial charge < -0.3 is 24.3 Å². The minimum Gasteiger partial charge on any atom is -0.508 e. The number of phenols is 1. The number of aromatic nitrogens is 2. The number of carbonyl (C=O) groups is 1. The first-order chi connectivity index (χ1) is 15.6. The third-order valence-corrected chi connectivity index (χ3v) is 5.70. The first-order valence-electron chi connectivity index (χ1n) is 11.0. The summed E-state index contributed by atoms with van der Waals surface area (Å²) in [5.41, 5.74) is 3.15. The molecule has 0 spiro atoms. The fourth-order valence-electron chi connectivity index (χ4n) is 4.09. The van der Waals surface area contributed by atoms with E-state index < -0.39 is 12.1 Å². The molecule has 0 aliphatic carbocycles. The summed E-state index contributed by atoms with van der Waals surface area (Å²) >= 11 is 0. The number of carbonyl (C=O) groups excluding carboxylic acids is 1. The highest BCUT2D eigenvalue weighted by Crippen LogP contribution is 2.37. The summed E-state index contributed by atoms with van der Waals surface area (Å²) in [5.74, 6) is -0.638. The van der Waals surface area contributed by atoms with Crippen LogP contribution in [0.15, 0.2) is 29.1 Å². The minimum atomic E-state index is -1.48. The molecule has 1 aromatic carbocycles. The molecule has 2 aromatic heterocycles. The van der Waals surface area contributed by atoms with Crippen LogP contribution in [0.1, 0.15) is 63.0 Å². The van der Waals surface area contributed by atoms with E-state index in [9.17, 15) is 19.8 Å². The number of fused-ring (bicyclic) bond motifs is 5. The number of esters is 1. The Balaban J connectivity index is 0.00000126. The standard InChI is InChI=1S/C23H22N2O6.C2H6/c1-23(2,3)31-10-14-12-6-11-8-25-17(19(11)24-16(12)4-5-18(14)26)7-13-15(21(25)28)9-30-22(29)20(13)27;1-2/h4-7,20,26-27H,8-10H2,1-3H3;1-2H3. The highest BCUT2D eigenvalue weighted by Gasteiger charge is 2.34. The molecule has 0 saturated carbocycles. The Morgan fingerprint density at radius 2 is 1.94 bits per heavy atom. The quantitative estimate of drug-likeness (QED) is 0.447. The van der Waals surface area contributed by atoms with Gasteiger partial charge in [-0.3, -0.25) is 4.79 Å². The van der Waals surface area contributed by atoms with Gasteiger partial charge >= 0.3 is 5.97 Å². The number of aromatic hydroxyl groups is 1. The molecule has 33 heavy (non-hydrogen) atoms. The molecule has 4 heterocycles. The van der Waals surface area contributed by atoms with Gasteiger partial charge in [-0.25, -0.2) is 9.78 Å². The Hall–Kier alpha value is -3.23. The average molecular weight is 453 g/mol. The molecular weight excluding hydrogens is 424 g/mol. The molecular formula is C25H28N2O6. The summed E-state index contributed by atoms with van der Waals surface area (Å²) in [7, 11) is 0. The topological polar surface area (TPSA) is 111 Å². The number of phenolic OH excluding ortho intramolecular Hbond substituents is 1. The summed E-state index contributed by atoms with van der Waals surface area (Å²) in [6, 6.07) is 6.87. The lowest BCUT2D eigenvalue weighted by Crippen LogP contribution is -2.32. The molecule has 3 aromatic rings. The van der Waals surface area contributed by atoms with Crippen LogP contribution in [-0.4, -0.2) is 31.3 Å². The summed E-state index contributed by atoms with van der Waals surface area (Å²) in [4.78, 5) is 29.5. The van der Waals surface area contributed by atoms with Crippen molar-refractivity contribution in [2.24, 2.45) is 0 Å². The van der Waals surface area contributed by atoms with Crippen LogP contribution in [0.3, 0.4) is 0 Å². The van der Waals surface area contributed by atoms with Gasteiger partial charge in [-0.05, 0) is 45.0 Å². The molecule has 2 aliphatic rings. The summed E-state index contributed by atoms with van der Waals surface area (Å²) < 4.78 is 12.4. The lowest BCUT2D eigenvalue weighted by Gasteiger charge is -2.21. The number of aliphatic hydroxyl groups excluding tert-OH is 1. The van der Waals surface area contributed by atoms with E-state index in [1.165, 1.54) is 0 Å². The maximum atomic E-state index is 13.0. The number of nitrogens with zero attached hydrogens (tertiary/aromatic N) is 2. The minimum absolute atomic E-state index is 0.125. The van der Waals surface area contributed by atoms with E-state index in [-0.39, 0.29) is 41.3 Å². The normalized spacial score (nSPS) is 16.4. The monoisotopic (exact) mass is 452 g/mol. The van der Waals surface area contributed by atoms with Gasteiger partial charge in [0.1, 0.15) is 12.4 Å². The largest absolute Gasteiger partial charge is 0.508 e. The molecule has 174 valence electrons. The Kier molecular flexibility index (Phi) is 5.76. The average Bonchev–Trinajstić information content (AvgIpc) is 3.13. The van der Waals surface area contributed by atoms with Crippen molar-refractivity contribution in [3.05, 3.63) is 56.9 Å². The van der Waals surface area contributed by atoms with E-state index in [1.54, 1.807) is 22.8 Å².